The average Bonchev–Trinajstić information content (AvgIpc) is 2.81. The van der Waals surface area contributed by atoms with Crippen LogP contribution in [0, 0.1) is 11.8 Å². The summed E-state index contributed by atoms with van der Waals surface area (Å²) >= 11 is 0. The van der Waals surface area contributed by atoms with Crippen LogP contribution in [0.4, 0.5) is 0 Å². The van der Waals surface area contributed by atoms with E-state index in [9.17, 15) is 4.79 Å². The topological polar surface area (TPSA) is 46.3 Å². The lowest BCUT2D eigenvalue weighted by Crippen LogP contribution is -2.37. The summed E-state index contributed by atoms with van der Waals surface area (Å²) in [4.78, 5) is 14.2. The predicted octanol–water partition coefficient (Wildman–Crippen LogP) is 1.37. The molecule has 0 radical (unpaired) electrons. The summed E-state index contributed by atoms with van der Waals surface area (Å²) in [6.07, 6.45) is 6.92. The van der Waals surface area contributed by atoms with Crippen molar-refractivity contribution in [3.05, 3.63) is 0 Å². The SMILES string of the molecule is NCC1CCCC(C(=O)N2CCCC2)C1. The Morgan fingerprint density at radius 1 is 1.20 bits per heavy atom. The van der Waals surface area contributed by atoms with Crippen LogP contribution in [0.3, 0.4) is 0 Å². The summed E-state index contributed by atoms with van der Waals surface area (Å²) in [7, 11) is 0. The van der Waals surface area contributed by atoms with E-state index in [0.29, 0.717) is 11.8 Å². The highest BCUT2D eigenvalue weighted by molar-refractivity contribution is 5.79. The number of amides is 1. The molecule has 1 saturated heterocycles. The van der Waals surface area contributed by atoms with Crippen molar-refractivity contribution < 1.29 is 4.79 Å². The lowest BCUT2D eigenvalue weighted by Gasteiger charge is -2.30. The van der Waals surface area contributed by atoms with Crippen molar-refractivity contribution in [3.63, 3.8) is 0 Å². The van der Waals surface area contributed by atoms with Crippen LogP contribution in [0.15, 0.2) is 0 Å². The van der Waals surface area contributed by atoms with Crippen molar-refractivity contribution in [2.75, 3.05) is 19.6 Å². The minimum atomic E-state index is 0.283. The summed E-state index contributed by atoms with van der Waals surface area (Å²) in [5.74, 6) is 1.28. The van der Waals surface area contributed by atoms with Crippen molar-refractivity contribution in [2.24, 2.45) is 17.6 Å². The van der Waals surface area contributed by atoms with Gasteiger partial charge in [0.1, 0.15) is 0 Å². The van der Waals surface area contributed by atoms with Gasteiger partial charge in [0.05, 0.1) is 0 Å². The second-order valence-corrected chi connectivity index (χ2v) is 5.00. The van der Waals surface area contributed by atoms with Gasteiger partial charge < -0.3 is 10.6 Å². The molecule has 2 rings (SSSR count). The van der Waals surface area contributed by atoms with E-state index in [1.165, 1.54) is 25.7 Å². The van der Waals surface area contributed by atoms with Crippen molar-refractivity contribution >= 4 is 5.91 Å². The van der Waals surface area contributed by atoms with Crippen molar-refractivity contribution in [1.82, 2.24) is 4.90 Å². The standard InChI is InChI=1S/C12H22N2O/c13-9-10-4-3-5-11(8-10)12(15)14-6-1-2-7-14/h10-11H,1-9,13H2. The smallest absolute Gasteiger partial charge is 0.225 e. The van der Waals surface area contributed by atoms with Crippen LogP contribution in [0.5, 0.6) is 0 Å². The molecule has 0 aromatic rings. The molecule has 2 fully saturated rings. The summed E-state index contributed by atoms with van der Waals surface area (Å²) in [6, 6.07) is 0. The van der Waals surface area contributed by atoms with Gasteiger partial charge in [0, 0.05) is 19.0 Å². The van der Waals surface area contributed by atoms with Crippen LogP contribution >= 0.6 is 0 Å². The average molecular weight is 210 g/mol. The van der Waals surface area contributed by atoms with Gasteiger partial charge in [-0.3, -0.25) is 4.79 Å². The number of carbonyl (C=O) groups excluding carboxylic acids is 1. The van der Waals surface area contributed by atoms with Gasteiger partial charge in [0.2, 0.25) is 5.91 Å². The first kappa shape index (κ1) is 10.9. The highest BCUT2D eigenvalue weighted by Gasteiger charge is 2.30. The molecule has 15 heavy (non-hydrogen) atoms. The zero-order chi connectivity index (χ0) is 10.7. The van der Waals surface area contributed by atoms with E-state index in [-0.39, 0.29) is 5.92 Å². The number of carbonyl (C=O) groups is 1. The van der Waals surface area contributed by atoms with Gasteiger partial charge in [0.15, 0.2) is 0 Å². The maximum absolute atomic E-state index is 12.1. The summed E-state index contributed by atoms with van der Waals surface area (Å²) < 4.78 is 0. The Morgan fingerprint density at radius 3 is 2.60 bits per heavy atom. The molecule has 86 valence electrons. The molecule has 1 heterocycles. The molecule has 3 nitrogen and oxygen atoms in total. The Balaban J connectivity index is 1.88. The van der Waals surface area contributed by atoms with Crippen LogP contribution in [-0.2, 0) is 4.79 Å². The maximum atomic E-state index is 12.1. The highest BCUT2D eigenvalue weighted by atomic mass is 16.2. The van der Waals surface area contributed by atoms with Crippen LogP contribution in [0.2, 0.25) is 0 Å². The quantitative estimate of drug-likeness (QED) is 0.748. The monoisotopic (exact) mass is 210 g/mol. The molecule has 2 N–H and O–H groups in total. The van der Waals surface area contributed by atoms with Crippen LogP contribution in [0.25, 0.3) is 0 Å². The molecule has 0 bridgehead atoms. The lowest BCUT2D eigenvalue weighted by molar-refractivity contribution is -0.135. The van der Waals surface area contributed by atoms with Crippen LogP contribution in [0.1, 0.15) is 38.5 Å². The molecule has 3 heteroatoms. The molecule has 2 unspecified atom stereocenters. The fraction of sp³-hybridized carbons (Fsp3) is 0.917. The van der Waals surface area contributed by atoms with Crippen LogP contribution in [-0.4, -0.2) is 30.4 Å². The number of rotatable bonds is 2. The molecule has 2 aliphatic rings. The Kier molecular flexibility index (Phi) is 3.62. The minimum absolute atomic E-state index is 0.283. The molecule has 0 aromatic heterocycles. The Labute approximate surface area is 92.0 Å². The van der Waals surface area contributed by atoms with E-state index < -0.39 is 0 Å². The molecule has 1 amide bonds. The molecular weight excluding hydrogens is 188 g/mol. The normalized spacial score (nSPS) is 31.9. The zero-order valence-corrected chi connectivity index (χ0v) is 9.45. The van der Waals surface area contributed by atoms with Crippen LogP contribution < -0.4 is 5.73 Å². The number of nitrogens with two attached hydrogens (primary N) is 1. The molecule has 0 spiro atoms. The third kappa shape index (κ3) is 2.51. The lowest BCUT2D eigenvalue weighted by atomic mass is 9.81. The van der Waals surface area contributed by atoms with E-state index in [4.69, 9.17) is 5.73 Å². The van der Waals surface area contributed by atoms with Crippen molar-refractivity contribution in [2.45, 2.75) is 38.5 Å². The Bertz CT molecular complexity index is 224. The Hall–Kier alpha value is -0.570. The second kappa shape index (κ2) is 4.97. The van der Waals surface area contributed by atoms with E-state index in [0.717, 1.165) is 32.5 Å². The highest BCUT2D eigenvalue weighted by Crippen LogP contribution is 2.30. The summed E-state index contributed by atoms with van der Waals surface area (Å²) in [5, 5.41) is 0. The summed E-state index contributed by atoms with van der Waals surface area (Å²) in [6.45, 7) is 2.73. The fourth-order valence-electron chi connectivity index (χ4n) is 2.93. The predicted molar refractivity (Wildman–Crippen MR) is 60.3 cm³/mol. The third-order valence-corrected chi connectivity index (χ3v) is 3.88. The van der Waals surface area contributed by atoms with Gasteiger partial charge in [-0.15, -0.1) is 0 Å². The fourth-order valence-corrected chi connectivity index (χ4v) is 2.93. The first-order valence-corrected chi connectivity index (χ1v) is 6.30. The van der Waals surface area contributed by atoms with Gasteiger partial charge in [-0.1, -0.05) is 6.42 Å². The zero-order valence-electron chi connectivity index (χ0n) is 9.45. The molecule has 1 saturated carbocycles. The van der Waals surface area contributed by atoms with Gasteiger partial charge >= 0.3 is 0 Å². The van der Waals surface area contributed by atoms with Gasteiger partial charge in [0.25, 0.3) is 0 Å². The molecular formula is C12H22N2O. The number of hydrogen-bond acceptors (Lipinski definition) is 2. The van der Waals surface area contributed by atoms with Crippen molar-refractivity contribution in [1.29, 1.82) is 0 Å². The Morgan fingerprint density at radius 2 is 1.93 bits per heavy atom. The molecule has 0 aromatic carbocycles. The van der Waals surface area contributed by atoms with Gasteiger partial charge in [-0.25, -0.2) is 0 Å². The number of likely N-dealkylation sites (tertiary alicyclic amines) is 1. The second-order valence-electron chi connectivity index (χ2n) is 5.00. The molecule has 1 aliphatic heterocycles. The summed E-state index contributed by atoms with van der Waals surface area (Å²) in [5.41, 5.74) is 5.69. The van der Waals surface area contributed by atoms with E-state index in [1.54, 1.807) is 0 Å². The van der Waals surface area contributed by atoms with E-state index in [2.05, 4.69) is 4.90 Å². The van der Waals surface area contributed by atoms with Gasteiger partial charge in [-0.05, 0) is 44.6 Å². The largest absolute Gasteiger partial charge is 0.342 e. The maximum Gasteiger partial charge on any atom is 0.225 e. The van der Waals surface area contributed by atoms with E-state index >= 15 is 0 Å². The first-order chi connectivity index (χ1) is 7.31. The first-order valence-electron chi connectivity index (χ1n) is 6.30. The van der Waals surface area contributed by atoms with Gasteiger partial charge in [-0.2, -0.15) is 0 Å². The van der Waals surface area contributed by atoms with E-state index in [1.807, 2.05) is 0 Å². The number of hydrogen-bond donors (Lipinski definition) is 1. The molecule has 1 aliphatic carbocycles. The molecule has 2 atom stereocenters. The third-order valence-electron chi connectivity index (χ3n) is 3.88. The minimum Gasteiger partial charge on any atom is -0.342 e. The number of nitrogens with zero attached hydrogens (tertiary/aromatic N) is 1. The van der Waals surface area contributed by atoms with Crippen molar-refractivity contribution in [3.8, 4) is 0 Å².